The molecule has 0 saturated heterocycles. The van der Waals surface area contributed by atoms with Gasteiger partial charge in [0.15, 0.2) is 11.6 Å². The molecule has 0 spiro atoms. The molecule has 0 atom stereocenters. The van der Waals surface area contributed by atoms with Crippen LogP contribution in [-0.4, -0.2) is 0 Å². The molecule has 0 saturated carbocycles. The minimum Gasteiger partial charge on any atom is -0.489 e. The molecule has 0 aromatic heterocycles. The molecule has 0 amide bonds. The monoisotopic (exact) mass is 312 g/mol. The molecule has 0 N–H and O–H groups in total. The number of halogens is 3. The van der Waals surface area contributed by atoms with E-state index in [0.717, 1.165) is 16.1 Å². The fraction of sp³-hybridized carbons (Fsp3) is 0.143. The van der Waals surface area contributed by atoms with Crippen LogP contribution in [-0.2, 0) is 6.61 Å². The maximum Gasteiger partial charge on any atom is 0.165 e. The van der Waals surface area contributed by atoms with Gasteiger partial charge in [0.1, 0.15) is 12.4 Å². The molecule has 0 radical (unpaired) electrons. The van der Waals surface area contributed by atoms with Gasteiger partial charge in [-0.3, -0.25) is 0 Å². The SMILES string of the molecule is Cc1cc(OCc2cccc(F)c2F)ccc1Br. The quantitative estimate of drug-likeness (QED) is 0.804. The highest BCUT2D eigenvalue weighted by Crippen LogP contribution is 2.22. The maximum atomic E-state index is 13.4. The predicted octanol–water partition coefficient (Wildman–Crippen LogP) is 4.61. The average molecular weight is 313 g/mol. The predicted molar refractivity (Wildman–Crippen MR) is 69.6 cm³/mol. The number of hydrogen-bond donors (Lipinski definition) is 0. The summed E-state index contributed by atoms with van der Waals surface area (Å²) in [5.74, 6) is -1.09. The molecule has 1 nitrogen and oxygen atoms in total. The van der Waals surface area contributed by atoms with Crippen LogP contribution in [0.1, 0.15) is 11.1 Å². The summed E-state index contributed by atoms with van der Waals surface area (Å²) in [5, 5.41) is 0. The second kappa shape index (κ2) is 5.48. The highest BCUT2D eigenvalue weighted by Gasteiger charge is 2.08. The van der Waals surface area contributed by atoms with E-state index in [4.69, 9.17) is 4.74 Å². The number of hydrogen-bond acceptors (Lipinski definition) is 1. The van der Waals surface area contributed by atoms with Gasteiger partial charge in [0.05, 0.1) is 0 Å². The van der Waals surface area contributed by atoms with Gasteiger partial charge in [0, 0.05) is 10.0 Å². The maximum absolute atomic E-state index is 13.4. The van der Waals surface area contributed by atoms with Crippen molar-refractivity contribution in [2.45, 2.75) is 13.5 Å². The van der Waals surface area contributed by atoms with Crippen LogP contribution in [0.25, 0.3) is 0 Å². The molecule has 4 heteroatoms. The first-order valence-electron chi connectivity index (χ1n) is 5.40. The molecule has 0 aliphatic heterocycles. The Kier molecular flexibility index (Phi) is 3.97. The van der Waals surface area contributed by atoms with E-state index in [9.17, 15) is 8.78 Å². The van der Waals surface area contributed by atoms with E-state index >= 15 is 0 Å². The molecule has 0 fully saturated rings. The fourth-order valence-electron chi connectivity index (χ4n) is 1.53. The lowest BCUT2D eigenvalue weighted by Gasteiger charge is -2.08. The molecule has 18 heavy (non-hydrogen) atoms. The third-order valence-electron chi connectivity index (χ3n) is 2.56. The lowest BCUT2D eigenvalue weighted by atomic mass is 10.2. The fourth-order valence-corrected chi connectivity index (χ4v) is 1.77. The summed E-state index contributed by atoms with van der Waals surface area (Å²) >= 11 is 3.38. The van der Waals surface area contributed by atoms with Crippen molar-refractivity contribution in [3.05, 3.63) is 63.6 Å². The molecule has 0 unspecified atom stereocenters. The lowest BCUT2D eigenvalue weighted by Crippen LogP contribution is -2.00. The van der Waals surface area contributed by atoms with Crippen molar-refractivity contribution in [1.82, 2.24) is 0 Å². The van der Waals surface area contributed by atoms with Crippen LogP contribution in [0.4, 0.5) is 8.78 Å². The van der Waals surface area contributed by atoms with Gasteiger partial charge in [0.2, 0.25) is 0 Å². The zero-order chi connectivity index (χ0) is 13.1. The highest BCUT2D eigenvalue weighted by atomic mass is 79.9. The van der Waals surface area contributed by atoms with Crippen molar-refractivity contribution in [2.75, 3.05) is 0 Å². The molecule has 2 aromatic rings. The second-order valence-corrected chi connectivity index (χ2v) is 4.77. The summed E-state index contributed by atoms with van der Waals surface area (Å²) in [6, 6.07) is 9.51. The lowest BCUT2D eigenvalue weighted by molar-refractivity contribution is 0.297. The molecular weight excluding hydrogens is 302 g/mol. The van der Waals surface area contributed by atoms with E-state index in [1.807, 2.05) is 19.1 Å². The van der Waals surface area contributed by atoms with Gasteiger partial charge in [-0.15, -0.1) is 0 Å². The molecule has 0 bridgehead atoms. The molecular formula is C14H11BrF2O. The van der Waals surface area contributed by atoms with Crippen LogP contribution >= 0.6 is 15.9 Å². The van der Waals surface area contributed by atoms with E-state index in [-0.39, 0.29) is 12.2 Å². The minimum atomic E-state index is -0.858. The normalized spacial score (nSPS) is 10.4. The standard InChI is InChI=1S/C14H11BrF2O/c1-9-7-11(5-6-12(9)15)18-8-10-3-2-4-13(16)14(10)17/h2-7H,8H2,1H3. The van der Waals surface area contributed by atoms with E-state index in [1.165, 1.54) is 12.1 Å². The van der Waals surface area contributed by atoms with Crippen LogP contribution in [0, 0.1) is 18.6 Å². The summed E-state index contributed by atoms with van der Waals surface area (Å²) in [5.41, 5.74) is 1.22. The Bertz CT molecular complexity index is 570. The minimum absolute atomic E-state index is 0.00463. The highest BCUT2D eigenvalue weighted by molar-refractivity contribution is 9.10. The Morgan fingerprint density at radius 2 is 1.94 bits per heavy atom. The molecule has 0 aliphatic carbocycles. The van der Waals surface area contributed by atoms with Crippen LogP contribution in [0.3, 0.4) is 0 Å². The smallest absolute Gasteiger partial charge is 0.165 e. The van der Waals surface area contributed by atoms with Crippen molar-refractivity contribution in [1.29, 1.82) is 0 Å². The number of aryl methyl sites for hydroxylation is 1. The first kappa shape index (κ1) is 13.0. The van der Waals surface area contributed by atoms with Crippen LogP contribution in [0.15, 0.2) is 40.9 Å². The van der Waals surface area contributed by atoms with Gasteiger partial charge in [0.25, 0.3) is 0 Å². The van der Waals surface area contributed by atoms with Crippen LogP contribution in [0.5, 0.6) is 5.75 Å². The topological polar surface area (TPSA) is 9.23 Å². The van der Waals surface area contributed by atoms with Crippen molar-refractivity contribution < 1.29 is 13.5 Å². The summed E-state index contributed by atoms with van der Waals surface area (Å²) in [6.07, 6.45) is 0. The summed E-state index contributed by atoms with van der Waals surface area (Å²) in [7, 11) is 0. The van der Waals surface area contributed by atoms with Crippen molar-refractivity contribution in [3.8, 4) is 5.75 Å². The van der Waals surface area contributed by atoms with E-state index < -0.39 is 11.6 Å². The third-order valence-corrected chi connectivity index (χ3v) is 3.45. The van der Waals surface area contributed by atoms with E-state index in [2.05, 4.69) is 15.9 Å². The molecule has 0 aliphatic rings. The van der Waals surface area contributed by atoms with Crippen molar-refractivity contribution in [3.63, 3.8) is 0 Å². The molecule has 2 aromatic carbocycles. The number of ether oxygens (including phenoxy) is 1. The Morgan fingerprint density at radius 1 is 1.17 bits per heavy atom. The summed E-state index contributed by atoms with van der Waals surface area (Å²) in [6.45, 7) is 1.93. The van der Waals surface area contributed by atoms with Gasteiger partial charge in [-0.25, -0.2) is 8.78 Å². The average Bonchev–Trinajstić information content (AvgIpc) is 2.35. The van der Waals surface area contributed by atoms with E-state index in [0.29, 0.717) is 5.75 Å². The largest absolute Gasteiger partial charge is 0.489 e. The zero-order valence-electron chi connectivity index (χ0n) is 9.71. The third kappa shape index (κ3) is 2.88. The Labute approximate surface area is 113 Å². The Hall–Kier alpha value is -1.42. The molecule has 2 rings (SSSR count). The van der Waals surface area contributed by atoms with E-state index in [1.54, 1.807) is 6.07 Å². The summed E-state index contributed by atoms with van der Waals surface area (Å²) in [4.78, 5) is 0. The number of benzene rings is 2. The zero-order valence-corrected chi connectivity index (χ0v) is 11.3. The first-order chi connectivity index (χ1) is 8.58. The summed E-state index contributed by atoms with van der Waals surface area (Å²) < 4.78 is 32.8. The van der Waals surface area contributed by atoms with Gasteiger partial charge < -0.3 is 4.74 Å². The van der Waals surface area contributed by atoms with Crippen molar-refractivity contribution in [2.24, 2.45) is 0 Å². The first-order valence-corrected chi connectivity index (χ1v) is 6.19. The van der Waals surface area contributed by atoms with Crippen LogP contribution < -0.4 is 4.74 Å². The number of rotatable bonds is 3. The Balaban J connectivity index is 2.11. The Morgan fingerprint density at radius 3 is 2.67 bits per heavy atom. The second-order valence-electron chi connectivity index (χ2n) is 3.91. The van der Waals surface area contributed by atoms with Gasteiger partial charge >= 0.3 is 0 Å². The van der Waals surface area contributed by atoms with Crippen molar-refractivity contribution >= 4 is 15.9 Å². The van der Waals surface area contributed by atoms with Gasteiger partial charge in [-0.2, -0.15) is 0 Å². The molecule has 0 heterocycles. The van der Waals surface area contributed by atoms with Crippen LogP contribution in [0.2, 0.25) is 0 Å². The molecule has 94 valence electrons. The van der Waals surface area contributed by atoms with Gasteiger partial charge in [-0.05, 0) is 36.8 Å². The van der Waals surface area contributed by atoms with Gasteiger partial charge in [-0.1, -0.05) is 28.1 Å².